The summed E-state index contributed by atoms with van der Waals surface area (Å²) in [6.07, 6.45) is 1.65. The maximum atomic E-state index is 12.7. The van der Waals surface area contributed by atoms with Gasteiger partial charge in [-0.25, -0.2) is 4.98 Å². The number of anilines is 1. The summed E-state index contributed by atoms with van der Waals surface area (Å²) < 4.78 is 1.88. The number of carbonyl (C=O) groups excluding carboxylic acids is 1. The number of aryl methyl sites for hydroxylation is 1. The maximum Gasteiger partial charge on any atom is 0.244 e. The number of amides is 1. The molecule has 0 aliphatic heterocycles. The van der Waals surface area contributed by atoms with Gasteiger partial charge in [-0.1, -0.05) is 24.3 Å². The van der Waals surface area contributed by atoms with E-state index < -0.39 is 0 Å². The third kappa shape index (κ3) is 2.81. The molecule has 0 aliphatic carbocycles. The number of nitrogens with zero attached hydrogens (tertiary/aromatic N) is 2. The highest BCUT2D eigenvalue weighted by Crippen LogP contribution is 2.20. The molecular formula is C19H15N3O2S. The summed E-state index contributed by atoms with van der Waals surface area (Å²) in [7, 11) is 0. The Morgan fingerprint density at radius 3 is 2.24 bits per heavy atom. The van der Waals surface area contributed by atoms with E-state index in [0.29, 0.717) is 10.8 Å². The lowest BCUT2D eigenvalue weighted by Crippen LogP contribution is -2.21. The topological polar surface area (TPSA) is 64.0 Å². The number of benzene rings is 2. The van der Waals surface area contributed by atoms with Crippen molar-refractivity contribution in [1.29, 1.82) is 0 Å². The molecule has 4 aromatic rings. The molecule has 0 atom stereocenters. The number of para-hydroxylation sites is 2. The average molecular weight is 349 g/mol. The van der Waals surface area contributed by atoms with Crippen LogP contribution in [0, 0.1) is 6.92 Å². The molecule has 1 N–H and O–H groups in total. The fourth-order valence-corrected chi connectivity index (χ4v) is 3.68. The third-order valence-electron chi connectivity index (χ3n) is 4.06. The predicted molar refractivity (Wildman–Crippen MR) is 101 cm³/mol. The second-order valence-corrected chi connectivity index (χ2v) is 6.98. The van der Waals surface area contributed by atoms with Crippen LogP contribution in [0.2, 0.25) is 0 Å². The Morgan fingerprint density at radius 1 is 1.08 bits per heavy atom. The zero-order valence-corrected chi connectivity index (χ0v) is 14.3. The zero-order chi connectivity index (χ0) is 17.4. The van der Waals surface area contributed by atoms with Crippen molar-refractivity contribution >= 4 is 44.1 Å². The normalized spacial score (nSPS) is 11.1. The standard InChI is InChI=1S/C19H15N3O2S/c1-12-20-10-18(25-12)21-17(23)11-22-15-8-4-2-6-13(15)19(24)14-7-3-5-9-16(14)22/h2-10H,11H2,1H3,(H,21,23). The molecule has 0 unspecified atom stereocenters. The number of fused-ring (bicyclic) bond motifs is 2. The summed E-state index contributed by atoms with van der Waals surface area (Å²) in [5, 5.41) is 5.72. The average Bonchev–Trinajstić information content (AvgIpc) is 3.03. The van der Waals surface area contributed by atoms with E-state index in [4.69, 9.17) is 0 Å². The van der Waals surface area contributed by atoms with Gasteiger partial charge in [0.1, 0.15) is 11.5 Å². The molecule has 124 valence electrons. The van der Waals surface area contributed by atoms with Crippen LogP contribution in [-0.4, -0.2) is 15.5 Å². The number of thiazole rings is 1. The maximum absolute atomic E-state index is 12.7. The largest absolute Gasteiger partial charge is 0.331 e. The first kappa shape index (κ1) is 15.5. The van der Waals surface area contributed by atoms with Crippen LogP contribution in [0.4, 0.5) is 5.00 Å². The molecule has 25 heavy (non-hydrogen) atoms. The van der Waals surface area contributed by atoms with E-state index in [1.165, 1.54) is 11.3 Å². The van der Waals surface area contributed by atoms with Gasteiger partial charge < -0.3 is 9.88 Å². The number of nitrogens with one attached hydrogen (secondary N) is 1. The minimum absolute atomic E-state index is 0.0130. The van der Waals surface area contributed by atoms with E-state index in [2.05, 4.69) is 10.3 Å². The summed E-state index contributed by atoms with van der Waals surface area (Å²) in [4.78, 5) is 29.4. The Hall–Kier alpha value is -2.99. The van der Waals surface area contributed by atoms with Gasteiger partial charge in [0.2, 0.25) is 5.91 Å². The van der Waals surface area contributed by atoms with Gasteiger partial charge in [-0.3, -0.25) is 9.59 Å². The highest BCUT2D eigenvalue weighted by atomic mass is 32.1. The molecular weight excluding hydrogens is 334 g/mol. The highest BCUT2D eigenvalue weighted by Gasteiger charge is 2.13. The fourth-order valence-electron chi connectivity index (χ4n) is 2.99. The number of pyridine rings is 1. The summed E-state index contributed by atoms with van der Waals surface area (Å²) in [6.45, 7) is 2.02. The Morgan fingerprint density at radius 2 is 1.68 bits per heavy atom. The van der Waals surface area contributed by atoms with Crippen molar-refractivity contribution < 1.29 is 4.79 Å². The fraction of sp³-hybridized carbons (Fsp3) is 0.105. The van der Waals surface area contributed by atoms with E-state index in [0.717, 1.165) is 21.0 Å². The van der Waals surface area contributed by atoms with E-state index >= 15 is 0 Å². The highest BCUT2D eigenvalue weighted by molar-refractivity contribution is 7.15. The minimum Gasteiger partial charge on any atom is -0.331 e. The van der Waals surface area contributed by atoms with Crippen molar-refractivity contribution in [2.45, 2.75) is 13.5 Å². The Balaban J connectivity index is 1.83. The lowest BCUT2D eigenvalue weighted by molar-refractivity contribution is -0.116. The zero-order valence-electron chi connectivity index (χ0n) is 13.5. The first-order chi connectivity index (χ1) is 12.1. The second kappa shape index (κ2) is 6.14. The molecule has 4 rings (SSSR count). The van der Waals surface area contributed by atoms with Crippen LogP contribution in [-0.2, 0) is 11.3 Å². The number of hydrogen-bond acceptors (Lipinski definition) is 4. The van der Waals surface area contributed by atoms with Gasteiger partial charge in [-0.05, 0) is 31.2 Å². The van der Waals surface area contributed by atoms with Gasteiger partial charge in [0.05, 0.1) is 22.2 Å². The van der Waals surface area contributed by atoms with Gasteiger partial charge in [0.25, 0.3) is 0 Å². The molecule has 6 heteroatoms. The molecule has 2 aromatic heterocycles. The van der Waals surface area contributed by atoms with Gasteiger partial charge in [-0.15, -0.1) is 11.3 Å². The van der Waals surface area contributed by atoms with Crippen molar-refractivity contribution in [3.05, 3.63) is 70.0 Å². The molecule has 1 amide bonds. The van der Waals surface area contributed by atoms with Crippen LogP contribution in [0.3, 0.4) is 0 Å². The van der Waals surface area contributed by atoms with Gasteiger partial charge in [0.15, 0.2) is 5.43 Å². The molecule has 0 fully saturated rings. The molecule has 0 saturated heterocycles. The van der Waals surface area contributed by atoms with Crippen molar-refractivity contribution in [1.82, 2.24) is 9.55 Å². The minimum atomic E-state index is -0.150. The monoisotopic (exact) mass is 349 g/mol. The van der Waals surface area contributed by atoms with Crippen molar-refractivity contribution in [2.75, 3.05) is 5.32 Å². The first-order valence-corrected chi connectivity index (χ1v) is 8.68. The van der Waals surface area contributed by atoms with E-state index in [1.807, 2.05) is 47.9 Å². The number of carbonyl (C=O) groups is 1. The van der Waals surface area contributed by atoms with E-state index in [9.17, 15) is 9.59 Å². The molecule has 0 aliphatic rings. The van der Waals surface area contributed by atoms with Crippen LogP contribution in [0.15, 0.2) is 59.5 Å². The Bertz CT molecular complexity index is 1100. The van der Waals surface area contributed by atoms with Crippen LogP contribution >= 0.6 is 11.3 Å². The Labute approximate surface area is 147 Å². The van der Waals surface area contributed by atoms with Crippen molar-refractivity contribution in [3.63, 3.8) is 0 Å². The summed E-state index contributed by atoms with van der Waals surface area (Å²) in [5.74, 6) is -0.150. The van der Waals surface area contributed by atoms with Crippen molar-refractivity contribution in [2.24, 2.45) is 0 Å². The number of rotatable bonds is 3. The lowest BCUT2D eigenvalue weighted by Gasteiger charge is -2.14. The van der Waals surface area contributed by atoms with Crippen LogP contribution in [0.1, 0.15) is 5.01 Å². The van der Waals surface area contributed by atoms with Crippen LogP contribution in [0.5, 0.6) is 0 Å². The predicted octanol–water partition coefficient (Wildman–Crippen LogP) is 3.56. The third-order valence-corrected chi connectivity index (χ3v) is 4.89. The van der Waals surface area contributed by atoms with Gasteiger partial charge in [-0.2, -0.15) is 0 Å². The van der Waals surface area contributed by atoms with Gasteiger partial charge in [0, 0.05) is 10.8 Å². The summed E-state index contributed by atoms with van der Waals surface area (Å²) in [5.41, 5.74) is 1.49. The molecule has 0 spiro atoms. The van der Waals surface area contributed by atoms with Crippen LogP contribution < -0.4 is 10.7 Å². The summed E-state index contributed by atoms with van der Waals surface area (Å²) in [6, 6.07) is 14.7. The SMILES string of the molecule is Cc1ncc(NC(=O)Cn2c3ccccc3c(=O)c3ccccc32)s1. The molecule has 2 heterocycles. The van der Waals surface area contributed by atoms with E-state index in [-0.39, 0.29) is 17.9 Å². The quantitative estimate of drug-likeness (QED) is 0.575. The van der Waals surface area contributed by atoms with Crippen molar-refractivity contribution in [3.8, 4) is 0 Å². The second-order valence-electron chi connectivity index (χ2n) is 5.74. The molecule has 5 nitrogen and oxygen atoms in total. The first-order valence-electron chi connectivity index (χ1n) is 7.86. The number of aromatic nitrogens is 2. The smallest absolute Gasteiger partial charge is 0.244 e. The van der Waals surface area contributed by atoms with Crippen LogP contribution in [0.25, 0.3) is 21.8 Å². The lowest BCUT2D eigenvalue weighted by atomic mass is 10.1. The number of hydrogen-bond donors (Lipinski definition) is 1. The molecule has 0 saturated carbocycles. The molecule has 0 radical (unpaired) electrons. The molecule has 0 bridgehead atoms. The molecule has 2 aromatic carbocycles. The van der Waals surface area contributed by atoms with E-state index in [1.54, 1.807) is 18.3 Å². The Kier molecular flexibility index (Phi) is 3.82. The summed E-state index contributed by atoms with van der Waals surface area (Å²) >= 11 is 1.43. The van der Waals surface area contributed by atoms with Gasteiger partial charge >= 0.3 is 0 Å².